The van der Waals surface area contributed by atoms with Crippen LogP contribution in [-0.2, 0) is 21.4 Å². The predicted octanol–water partition coefficient (Wildman–Crippen LogP) is 5.91. The summed E-state index contributed by atoms with van der Waals surface area (Å²) in [5.41, 5.74) is 4.23. The van der Waals surface area contributed by atoms with E-state index in [-0.39, 0.29) is 23.9 Å². The Kier molecular flexibility index (Phi) is 7.95. The Hall–Kier alpha value is -2.67. The van der Waals surface area contributed by atoms with Crippen LogP contribution in [0.5, 0.6) is 0 Å². The molecule has 0 spiro atoms. The summed E-state index contributed by atoms with van der Waals surface area (Å²) in [5, 5.41) is 3.39. The molecule has 0 saturated heterocycles. The number of hydrogen-bond donors (Lipinski definition) is 1. The van der Waals surface area contributed by atoms with Gasteiger partial charge in [0.2, 0.25) is 15.9 Å². The quantitative estimate of drug-likeness (QED) is 0.432. The first-order valence-corrected chi connectivity index (χ1v) is 12.6. The molecular formula is C26H29ClN2O3S. The largest absolute Gasteiger partial charge is 0.324 e. The third-order valence-electron chi connectivity index (χ3n) is 5.47. The van der Waals surface area contributed by atoms with Gasteiger partial charge in [0.1, 0.15) is 0 Å². The number of nitrogens with one attached hydrogen (secondary N) is 1. The number of benzene rings is 3. The summed E-state index contributed by atoms with van der Waals surface area (Å²) in [7, 11) is -3.94. The molecule has 0 heterocycles. The van der Waals surface area contributed by atoms with E-state index in [1.807, 2.05) is 32.0 Å². The Morgan fingerprint density at radius 1 is 0.970 bits per heavy atom. The van der Waals surface area contributed by atoms with Gasteiger partial charge in [-0.05, 0) is 54.7 Å². The molecule has 1 amide bonds. The van der Waals surface area contributed by atoms with Crippen LogP contribution >= 0.6 is 11.6 Å². The molecule has 0 atom stereocenters. The molecule has 1 N–H and O–H groups in total. The van der Waals surface area contributed by atoms with Crippen LogP contribution in [0.4, 0.5) is 5.69 Å². The van der Waals surface area contributed by atoms with Crippen molar-refractivity contribution in [2.75, 3.05) is 11.9 Å². The molecule has 0 aliphatic rings. The Morgan fingerprint density at radius 2 is 1.64 bits per heavy atom. The number of halogens is 1. The van der Waals surface area contributed by atoms with E-state index in [4.69, 9.17) is 11.6 Å². The van der Waals surface area contributed by atoms with Gasteiger partial charge in [0.05, 0.1) is 11.4 Å². The summed E-state index contributed by atoms with van der Waals surface area (Å²) in [4.78, 5) is 13.2. The van der Waals surface area contributed by atoms with Gasteiger partial charge in [0, 0.05) is 17.3 Å². The second-order valence-electron chi connectivity index (χ2n) is 8.42. The zero-order valence-corrected chi connectivity index (χ0v) is 20.9. The molecular weight excluding hydrogens is 456 g/mol. The summed E-state index contributed by atoms with van der Waals surface area (Å²) in [6, 6.07) is 19.5. The molecule has 0 aliphatic carbocycles. The highest BCUT2D eigenvalue weighted by Gasteiger charge is 2.28. The average molecular weight is 485 g/mol. The molecule has 7 heteroatoms. The third kappa shape index (κ3) is 6.02. The maximum atomic E-state index is 13.5. The van der Waals surface area contributed by atoms with E-state index in [0.29, 0.717) is 10.6 Å². The maximum Gasteiger partial charge on any atom is 0.243 e. The van der Waals surface area contributed by atoms with Gasteiger partial charge in [-0.1, -0.05) is 79.5 Å². The number of amides is 1. The molecule has 0 aliphatic heterocycles. The lowest BCUT2D eigenvalue weighted by atomic mass is 9.98. The van der Waals surface area contributed by atoms with E-state index in [1.54, 1.807) is 48.5 Å². The van der Waals surface area contributed by atoms with Crippen molar-refractivity contribution in [2.24, 2.45) is 0 Å². The number of sulfonamides is 1. The first kappa shape index (κ1) is 25.0. The fraction of sp³-hybridized carbons (Fsp3) is 0.269. The fourth-order valence-electron chi connectivity index (χ4n) is 3.58. The Morgan fingerprint density at radius 3 is 2.27 bits per heavy atom. The normalized spacial score (nSPS) is 11.7. The maximum absolute atomic E-state index is 13.5. The summed E-state index contributed by atoms with van der Waals surface area (Å²) in [6.07, 6.45) is 0. The molecule has 0 saturated carbocycles. The molecule has 5 nitrogen and oxygen atoms in total. The minimum absolute atomic E-state index is 0.0197. The first-order chi connectivity index (χ1) is 15.6. The highest BCUT2D eigenvalue weighted by atomic mass is 35.5. The topological polar surface area (TPSA) is 66.5 Å². The van der Waals surface area contributed by atoms with Crippen molar-refractivity contribution in [2.45, 2.75) is 45.1 Å². The highest BCUT2D eigenvalue weighted by molar-refractivity contribution is 7.89. The van der Waals surface area contributed by atoms with Gasteiger partial charge < -0.3 is 5.32 Å². The Balaban J connectivity index is 1.94. The van der Waals surface area contributed by atoms with Gasteiger partial charge in [0.15, 0.2) is 0 Å². The number of nitrogens with zero attached hydrogens (tertiary/aromatic N) is 1. The number of para-hydroxylation sites is 1. The molecule has 174 valence electrons. The van der Waals surface area contributed by atoms with E-state index in [0.717, 1.165) is 22.4 Å². The highest BCUT2D eigenvalue weighted by Crippen LogP contribution is 2.28. The van der Waals surface area contributed by atoms with Gasteiger partial charge in [-0.3, -0.25) is 4.79 Å². The number of hydrogen-bond acceptors (Lipinski definition) is 3. The van der Waals surface area contributed by atoms with Crippen LogP contribution in [-0.4, -0.2) is 25.2 Å². The van der Waals surface area contributed by atoms with Crippen molar-refractivity contribution in [1.29, 1.82) is 0 Å². The zero-order valence-electron chi connectivity index (χ0n) is 19.3. The van der Waals surface area contributed by atoms with Crippen molar-refractivity contribution >= 4 is 33.2 Å². The van der Waals surface area contributed by atoms with Crippen molar-refractivity contribution in [3.8, 4) is 0 Å². The molecule has 0 bridgehead atoms. The van der Waals surface area contributed by atoms with Crippen LogP contribution < -0.4 is 5.32 Å². The number of aryl methyl sites for hydroxylation is 2. The number of anilines is 1. The Labute approximate surface area is 201 Å². The third-order valence-corrected chi connectivity index (χ3v) is 7.65. The van der Waals surface area contributed by atoms with Crippen LogP contribution in [0.1, 0.15) is 42.0 Å². The van der Waals surface area contributed by atoms with E-state index in [9.17, 15) is 13.2 Å². The molecule has 33 heavy (non-hydrogen) atoms. The zero-order chi connectivity index (χ0) is 24.2. The monoisotopic (exact) mass is 484 g/mol. The van der Waals surface area contributed by atoms with Gasteiger partial charge >= 0.3 is 0 Å². The number of carbonyl (C=O) groups is 1. The van der Waals surface area contributed by atoms with Crippen LogP contribution in [0, 0.1) is 13.8 Å². The van der Waals surface area contributed by atoms with Crippen LogP contribution in [0.15, 0.2) is 71.6 Å². The van der Waals surface area contributed by atoms with Crippen molar-refractivity contribution < 1.29 is 13.2 Å². The van der Waals surface area contributed by atoms with Crippen molar-refractivity contribution in [1.82, 2.24) is 4.31 Å². The Bertz CT molecular complexity index is 1240. The lowest BCUT2D eigenvalue weighted by molar-refractivity contribution is -0.116. The molecule has 0 radical (unpaired) electrons. The molecule has 3 aromatic carbocycles. The molecule has 0 fully saturated rings. The van der Waals surface area contributed by atoms with Crippen LogP contribution in [0.2, 0.25) is 5.02 Å². The van der Waals surface area contributed by atoms with E-state index in [1.165, 1.54) is 4.31 Å². The van der Waals surface area contributed by atoms with E-state index >= 15 is 0 Å². The minimum atomic E-state index is -3.94. The lowest BCUT2D eigenvalue weighted by Gasteiger charge is -2.23. The fourth-order valence-corrected chi connectivity index (χ4v) is 5.15. The lowest BCUT2D eigenvalue weighted by Crippen LogP contribution is -2.38. The molecule has 0 aromatic heterocycles. The molecule has 0 unspecified atom stereocenters. The second-order valence-corrected chi connectivity index (χ2v) is 10.8. The summed E-state index contributed by atoms with van der Waals surface area (Å²) in [5.74, 6) is -0.204. The number of carbonyl (C=O) groups excluding carboxylic acids is 1. The van der Waals surface area contributed by atoms with Gasteiger partial charge in [0.25, 0.3) is 0 Å². The van der Waals surface area contributed by atoms with Crippen LogP contribution in [0.3, 0.4) is 0 Å². The first-order valence-electron chi connectivity index (χ1n) is 10.8. The predicted molar refractivity (Wildman–Crippen MR) is 134 cm³/mol. The summed E-state index contributed by atoms with van der Waals surface area (Å²) >= 11 is 6.31. The van der Waals surface area contributed by atoms with Gasteiger partial charge in [-0.25, -0.2) is 8.42 Å². The molecule has 3 rings (SSSR count). The standard InChI is InChI=1S/C26H29ClN2O3S/c1-18(2)23-10-7-8-20(4)26(23)28-25(30)17-29(16-21-9-5-6-11-24(21)27)33(31,32)22-14-12-19(3)13-15-22/h5-15,18H,16-17H2,1-4H3,(H,28,30). The van der Waals surface area contributed by atoms with Gasteiger partial charge in [-0.2, -0.15) is 4.31 Å². The van der Waals surface area contributed by atoms with E-state index in [2.05, 4.69) is 19.2 Å². The van der Waals surface area contributed by atoms with Gasteiger partial charge in [-0.15, -0.1) is 0 Å². The smallest absolute Gasteiger partial charge is 0.243 e. The minimum Gasteiger partial charge on any atom is -0.324 e. The van der Waals surface area contributed by atoms with E-state index < -0.39 is 15.9 Å². The van der Waals surface area contributed by atoms with Crippen molar-refractivity contribution in [3.05, 3.63) is 94.0 Å². The SMILES string of the molecule is Cc1ccc(S(=O)(=O)N(CC(=O)Nc2c(C)cccc2C(C)C)Cc2ccccc2Cl)cc1. The summed E-state index contributed by atoms with van der Waals surface area (Å²) < 4.78 is 28.2. The summed E-state index contributed by atoms with van der Waals surface area (Å²) in [6.45, 7) is 7.55. The number of rotatable bonds is 8. The molecule has 3 aromatic rings. The van der Waals surface area contributed by atoms with Crippen molar-refractivity contribution in [3.63, 3.8) is 0 Å². The second kappa shape index (κ2) is 10.5. The average Bonchev–Trinajstić information content (AvgIpc) is 2.76. The van der Waals surface area contributed by atoms with Crippen LogP contribution in [0.25, 0.3) is 0 Å².